The van der Waals surface area contributed by atoms with Gasteiger partial charge < -0.3 is 10.1 Å². The van der Waals surface area contributed by atoms with Gasteiger partial charge in [-0.15, -0.1) is 0 Å². The van der Waals surface area contributed by atoms with Crippen LogP contribution >= 0.6 is 0 Å². The van der Waals surface area contributed by atoms with Gasteiger partial charge in [0.15, 0.2) is 0 Å². The van der Waals surface area contributed by atoms with E-state index in [1.54, 1.807) is 0 Å². The highest BCUT2D eigenvalue weighted by Gasteiger charge is 2.01. The average Bonchev–Trinajstić information content (AvgIpc) is 2.47. The number of anilines is 1. The number of nitrogens with zero attached hydrogens (tertiary/aromatic N) is 1. The third-order valence-corrected chi connectivity index (χ3v) is 3.14. The molecule has 1 N–H and O–H groups in total. The smallest absolute Gasteiger partial charge is 0.119 e. The van der Waals surface area contributed by atoms with E-state index >= 15 is 0 Å². The van der Waals surface area contributed by atoms with Gasteiger partial charge in [0.25, 0.3) is 0 Å². The minimum atomic E-state index is 0.186. The summed E-state index contributed by atoms with van der Waals surface area (Å²) in [6.45, 7) is 6.78. The monoisotopic (exact) mass is 280 g/mol. The van der Waals surface area contributed by atoms with Crippen molar-refractivity contribution < 1.29 is 4.74 Å². The van der Waals surface area contributed by atoms with Crippen LogP contribution in [0.2, 0.25) is 0 Å². The normalized spacial score (nSPS) is 10.2. The predicted octanol–water partition coefficient (Wildman–Crippen LogP) is 4.27. The lowest BCUT2D eigenvalue weighted by Crippen LogP contribution is -2.06. The van der Waals surface area contributed by atoms with Crippen molar-refractivity contribution in [1.82, 2.24) is 0 Å². The number of benzene rings is 2. The summed E-state index contributed by atoms with van der Waals surface area (Å²) < 4.78 is 5.62. The molecule has 0 radical (unpaired) electrons. The third kappa shape index (κ3) is 4.25. The SMILES string of the molecule is Cc1ccc(C#N)cc1NCc1ccc(OC(C)C)cc1. The first-order chi connectivity index (χ1) is 10.1. The largest absolute Gasteiger partial charge is 0.491 e. The van der Waals surface area contributed by atoms with Crippen LogP contribution in [-0.4, -0.2) is 6.10 Å². The molecule has 0 saturated heterocycles. The lowest BCUT2D eigenvalue weighted by molar-refractivity contribution is 0.242. The van der Waals surface area contributed by atoms with Gasteiger partial charge >= 0.3 is 0 Å². The van der Waals surface area contributed by atoms with E-state index in [1.165, 1.54) is 5.56 Å². The van der Waals surface area contributed by atoms with Crippen molar-refractivity contribution in [2.45, 2.75) is 33.4 Å². The second-order valence-corrected chi connectivity index (χ2v) is 5.31. The van der Waals surface area contributed by atoms with Crippen LogP contribution in [0.25, 0.3) is 0 Å². The zero-order valence-corrected chi connectivity index (χ0v) is 12.7. The molecule has 0 saturated carbocycles. The summed E-state index contributed by atoms with van der Waals surface area (Å²) in [5.74, 6) is 0.886. The first-order valence-corrected chi connectivity index (χ1v) is 7.08. The lowest BCUT2D eigenvalue weighted by atomic mass is 10.1. The second-order valence-electron chi connectivity index (χ2n) is 5.31. The van der Waals surface area contributed by atoms with Crippen LogP contribution in [0.15, 0.2) is 42.5 Å². The van der Waals surface area contributed by atoms with Crippen LogP contribution in [0, 0.1) is 18.3 Å². The summed E-state index contributed by atoms with van der Waals surface area (Å²) in [5, 5.41) is 12.3. The Morgan fingerprint density at radius 1 is 1.14 bits per heavy atom. The van der Waals surface area contributed by atoms with E-state index in [4.69, 9.17) is 10.00 Å². The van der Waals surface area contributed by atoms with Crippen molar-refractivity contribution in [1.29, 1.82) is 5.26 Å². The van der Waals surface area contributed by atoms with E-state index in [9.17, 15) is 0 Å². The maximum absolute atomic E-state index is 8.95. The molecule has 2 rings (SSSR count). The van der Waals surface area contributed by atoms with Gasteiger partial charge in [-0.05, 0) is 56.2 Å². The number of aryl methyl sites for hydroxylation is 1. The quantitative estimate of drug-likeness (QED) is 0.889. The Balaban J connectivity index is 2.01. The van der Waals surface area contributed by atoms with Crippen LogP contribution in [0.4, 0.5) is 5.69 Å². The standard InChI is InChI=1S/C18H20N2O/c1-13(2)21-17-8-6-15(7-9-17)12-20-18-10-16(11-19)5-4-14(18)3/h4-10,13,20H,12H2,1-3H3. The van der Waals surface area contributed by atoms with Crippen molar-refractivity contribution in [2.24, 2.45) is 0 Å². The number of hydrogen-bond donors (Lipinski definition) is 1. The molecule has 0 aliphatic carbocycles. The number of rotatable bonds is 5. The second kappa shape index (κ2) is 6.81. The minimum Gasteiger partial charge on any atom is -0.491 e. The number of nitrogens with one attached hydrogen (secondary N) is 1. The van der Waals surface area contributed by atoms with Crippen LogP contribution < -0.4 is 10.1 Å². The number of hydrogen-bond acceptors (Lipinski definition) is 3. The summed E-state index contributed by atoms with van der Waals surface area (Å²) in [6.07, 6.45) is 0.186. The van der Waals surface area contributed by atoms with Gasteiger partial charge in [-0.25, -0.2) is 0 Å². The summed E-state index contributed by atoms with van der Waals surface area (Å²) >= 11 is 0. The zero-order chi connectivity index (χ0) is 15.2. The Kier molecular flexibility index (Phi) is 4.84. The van der Waals surface area contributed by atoms with Crippen LogP contribution in [-0.2, 0) is 6.54 Å². The van der Waals surface area contributed by atoms with Gasteiger partial charge in [-0.1, -0.05) is 18.2 Å². The molecule has 108 valence electrons. The highest BCUT2D eigenvalue weighted by atomic mass is 16.5. The molecule has 3 heteroatoms. The molecular weight excluding hydrogens is 260 g/mol. The topological polar surface area (TPSA) is 45.0 Å². The lowest BCUT2D eigenvalue weighted by Gasteiger charge is -2.12. The van der Waals surface area contributed by atoms with Crippen molar-refractivity contribution in [3.8, 4) is 11.8 Å². The highest BCUT2D eigenvalue weighted by molar-refractivity contribution is 5.55. The van der Waals surface area contributed by atoms with Crippen molar-refractivity contribution >= 4 is 5.69 Å². The summed E-state index contributed by atoms with van der Waals surface area (Å²) in [6, 6.07) is 15.9. The molecule has 0 aliphatic heterocycles. The van der Waals surface area contributed by atoms with Gasteiger partial charge in [0.05, 0.1) is 17.7 Å². The number of nitriles is 1. The Labute approximate surface area is 126 Å². The molecule has 0 amide bonds. The first kappa shape index (κ1) is 14.9. The highest BCUT2D eigenvalue weighted by Crippen LogP contribution is 2.19. The van der Waals surface area contributed by atoms with Gasteiger partial charge in [0.2, 0.25) is 0 Å². The van der Waals surface area contributed by atoms with Gasteiger partial charge in [0.1, 0.15) is 5.75 Å². The van der Waals surface area contributed by atoms with E-state index in [1.807, 2.05) is 63.2 Å². The Hall–Kier alpha value is -2.47. The molecule has 0 aliphatic rings. The van der Waals surface area contributed by atoms with Crippen molar-refractivity contribution in [2.75, 3.05) is 5.32 Å². The van der Waals surface area contributed by atoms with E-state index in [-0.39, 0.29) is 6.10 Å². The van der Waals surface area contributed by atoms with E-state index in [0.717, 1.165) is 23.5 Å². The fraction of sp³-hybridized carbons (Fsp3) is 0.278. The first-order valence-electron chi connectivity index (χ1n) is 7.08. The van der Waals surface area contributed by atoms with Gasteiger partial charge in [-0.3, -0.25) is 0 Å². The molecule has 3 nitrogen and oxygen atoms in total. The van der Waals surface area contributed by atoms with Crippen molar-refractivity contribution in [3.05, 3.63) is 59.2 Å². The molecule has 0 bridgehead atoms. The number of ether oxygens (including phenoxy) is 1. The molecule has 2 aromatic rings. The summed E-state index contributed by atoms with van der Waals surface area (Å²) in [5.41, 5.74) is 3.97. The average molecular weight is 280 g/mol. The zero-order valence-electron chi connectivity index (χ0n) is 12.7. The van der Waals surface area contributed by atoms with Crippen LogP contribution in [0.5, 0.6) is 5.75 Å². The van der Waals surface area contributed by atoms with E-state index in [2.05, 4.69) is 11.4 Å². The van der Waals surface area contributed by atoms with E-state index in [0.29, 0.717) is 5.56 Å². The molecule has 0 atom stereocenters. The van der Waals surface area contributed by atoms with Gasteiger partial charge in [-0.2, -0.15) is 5.26 Å². The molecule has 0 aromatic heterocycles. The van der Waals surface area contributed by atoms with E-state index < -0.39 is 0 Å². The van der Waals surface area contributed by atoms with Crippen LogP contribution in [0.1, 0.15) is 30.5 Å². The third-order valence-electron chi connectivity index (χ3n) is 3.14. The Morgan fingerprint density at radius 3 is 2.48 bits per heavy atom. The molecule has 21 heavy (non-hydrogen) atoms. The predicted molar refractivity (Wildman–Crippen MR) is 85.4 cm³/mol. The van der Waals surface area contributed by atoms with Crippen LogP contribution in [0.3, 0.4) is 0 Å². The molecule has 0 unspecified atom stereocenters. The molecule has 2 aromatic carbocycles. The van der Waals surface area contributed by atoms with Gasteiger partial charge in [0, 0.05) is 12.2 Å². The fourth-order valence-electron chi connectivity index (χ4n) is 2.04. The molecular formula is C18H20N2O. The Bertz CT molecular complexity index is 639. The van der Waals surface area contributed by atoms with Crippen molar-refractivity contribution in [3.63, 3.8) is 0 Å². The molecule has 0 spiro atoms. The summed E-state index contributed by atoms with van der Waals surface area (Å²) in [7, 11) is 0. The fourth-order valence-corrected chi connectivity index (χ4v) is 2.04. The Morgan fingerprint density at radius 2 is 1.86 bits per heavy atom. The molecule has 0 heterocycles. The maximum Gasteiger partial charge on any atom is 0.119 e. The minimum absolute atomic E-state index is 0.186. The summed E-state index contributed by atoms with van der Waals surface area (Å²) in [4.78, 5) is 0. The molecule has 0 fully saturated rings. The maximum atomic E-state index is 8.95.